The molecule has 0 bridgehead atoms. The summed E-state index contributed by atoms with van der Waals surface area (Å²) in [7, 11) is 0. The Kier molecular flexibility index (Phi) is 4.85. The minimum Gasteiger partial charge on any atom is -0.295 e. The van der Waals surface area contributed by atoms with Crippen LogP contribution in [0.25, 0.3) is 11.1 Å². The predicted molar refractivity (Wildman–Crippen MR) is 124 cm³/mol. The van der Waals surface area contributed by atoms with Gasteiger partial charge >= 0.3 is 0 Å². The second kappa shape index (κ2) is 7.73. The number of carbonyl (C=O) groups excluding carboxylic acids is 1. The minimum absolute atomic E-state index is 0.380. The molecule has 3 saturated carbocycles. The second-order valence-electron chi connectivity index (χ2n) is 10.7. The number of benzene rings is 1. The predicted octanol–water partition coefficient (Wildman–Crippen LogP) is 6.80. The van der Waals surface area contributed by atoms with Gasteiger partial charge in [0, 0.05) is 18.8 Å². The maximum absolute atomic E-state index is 11.9. The number of nitrogens with zero attached hydrogens (tertiary/aromatic N) is 1. The maximum atomic E-state index is 11.9. The first-order valence-corrected chi connectivity index (χ1v) is 12.4. The number of hydrogen-bond acceptors (Lipinski definition) is 2. The summed E-state index contributed by atoms with van der Waals surface area (Å²) in [5, 5.41) is 0. The average Bonchev–Trinajstić information content (AvgIpc) is 3.23. The summed E-state index contributed by atoms with van der Waals surface area (Å²) in [5.74, 6) is 3.72. The molecule has 0 saturated heterocycles. The van der Waals surface area contributed by atoms with Crippen LogP contribution in [-0.4, -0.2) is 10.8 Å². The number of ketones is 1. The molecule has 5 atom stereocenters. The molecule has 0 radical (unpaired) electrons. The SMILES string of the molecule is O=C1C=C2CC[C@@H]3[C@H](CC[C@]4(Cc5ccc(-c6cccnc6)cc5)CCC[C@@H]34)[C@H]2CC1. The Bertz CT molecular complexity index is 991. The minimum atomic E-state index is 0.380. The molecule has 6 rings (SSSR count). The van der Waals surface area contributed by atoms with Gasteiger partial charge in [0.25, 0.3) is 0 Å². The molecule has 3 fully saturated rings. The van der Waals surface area contributed by atoms with E-state index in [0.717, 1.165) is 30.6 Å². The van der Waals surface area contributed by atoms with Gasteiger partial charge < -0.3 is 0 Å². The maximum Gasteiger partial charge on any atom is 0.155 e. The van der Waals surface area contributed by atoms with Crippen LogP contribution in [-0.2, 0) is 11.2 Å². The number of rotatable bonds is 3. The molecule has 0 unspecified atom stereocenters. The normalized spacial score (nSPS) is 34.5. The van der Waals surface area contributed by atoms with E-state index in [1.165, 1.54) is 73.6 Å². The summed E-state index contributed by atoms with van der Waals surface area (Å²) >= 11 is 0. The van der Waals surface area contributed by atoms with Gasteiger partial charge in [0.05, 0.1) is 0 Å². The molecular weight excluding hydrogens is 378 g/mol. The molecule has 4 aliphatic rings. The van der Waals surface area contributed by atoms with Gasteiger partial charge in [-0.1, -0.05) is 42.3 Å². The zero-order valence-corrected chi connectivity index (χ0v) is 18.4. The van der Waals surface area contributed by atoms with Crippen molar-refractivity contribution in [1.82, 2.24) is 4.98 Å². The van der Waals surface area contributed by atoms with Crippen molar-refractivity contribution in [3.8, 4) is 11.1 Å². The van der Waals surface area contributed by atoms with Gasteiger partial charge in [-0.3, -0.25) is 9.78 Å². The Morgan fingerprint density at radius 3 is 2.65 bits per heavy atom. The lowest BCUT2D eigenvalue weighted by atomic mass is 9.51. The molecule has 2 nitrogen and oxygen atoms in total. The molecule has 0 aliphatic heterocycles. The van der Waals surface area contributed by atoms with Gasteiger partial charge in [-0.05, 0) is 109 Å². The van der Waals surface area contributed by atoms with Gasteiger partial charge in [0.2, 0.25) is 0 Å². The summed E-state index contributed by atoms with van der Waals surface area (Å²) in [6, 6.07) is 13.5. The van der Waals surface area contributed by atoms with Crippen LogP contribution in [0, 0.1) is 29.1 Å². The summed E-state index contributed by atoms with van der Waals surface area (Å²) in [5.41, 5.74) is 6.00. The van der Waals surface area contributed by atoms with Crippen LogP contribution in [0.2, 0.25) is 0 Å². The quantitative estimate of drug-likeness (QED) is 0.556. The molecule has 4 aliphatic carbocycles. The van der Waals surface area contributed by atoms with Crippen LogP contribution in [0.5, 0.6) is 0 Å². The van der Waals surface area contributed by atoms with Gasteiger partial charge in [-0.15, -0.1) is 0 Å². The lowest BCUT2D eigenvalue weighted by Gasteiger charge is -2.54. The van der Waals surface area contributed by atoms with Crippen molar-refractivity contribution in [2.75, 3.05) is 0 Å². The highest BCUT2D eigenvalue weighted by molar-refractivity contribution is 5.91. The van der Waals surface area contributed by atoms with Crippen molar-refractivity contribution in [2.24, 2.45) is 29.1 Å². The highest BCUT2D eigenvalue weighted by Gasteiger charge is 2.54. The lowest BCUT2D eigenvalue weighted by Crippen LogP contribution is -2.46. The van der Waals surface area contributed by atoms with Crippen LogP contribution in [0.4, 0.5) is 0 Å². The van der Waals surface area contributed by atoms with Crippen molar-refractivity contribution >= 4 is 5.78 Å². The largest absolute Gasteiger partial charge is 0.295 e. The van der Waals surface area contributed by atoms with Crippen molar-refractivity contribution in [2.45, 2.75) is 64.2 Å². The number of carbonyl (C=O) groups is 1. The first-order valence-electron chi connectivity index (χ1n) is 12.4. The van der Waals surface area contributed by atoms with E-state index in [4.69, 9.17) is 0 Å². The average molecular weight is 412 g/mol. The molecule has 1 aromatic heterocycles. The smallest absolute Gasteiger partial charge is 0.155 e. The fourth-order valence-corrected chi connectivity index (χ4v) is 8.04. The summed E-state index contributed by atoms with van der Waals surface area (Å²) in [6.45, 7) is 0. The first-order chi connectivity index (χ1) is 15.2. The number of hydrogen-bond donors (Lipinski definition) is 0. The Morgan fingerprint density at radius 1 is 0.903 bits per heavy atom. The van der Waals surface area contributed by atoms with Crippen molar-refractivity contribution in [1.29, 1.82) is 0 Å². The number of fused-ring (bicyclic) bond motifs is 5. The lowest BCUT2D eigenvalue weighted by molar-refractivity contribution is -0.116. The molecule has 2 heteroatoms. The van der Waals surface area contributed by atoms with E-state index in [-0.39, 0.29) is 0 Å². The van der Waals surface area contributed by atoms with E-state index >= 15 is 0 Å². The van der Waals surface area contributed by atoms with Crippen LogP contribution in [0.1, 0.15) is 63.4 Å². The van der Waals surface area contributed by atoms with Crippen LogP contribution in [0.3, 0.4) is 0 Å². The highest BCUT2D eigenvalue weighted by Crippen LogP contribution is 2.62. The Hall–Kier alpha value is -2.22. The molecule has 1 heterocycles. The third-order valence-electron chi connectivity index (χ3n) is 9.33. The summed E-state index contributed by atoms with van der Waals surface area (Å²) in [4.78, 5) is 16.2. The van der Waals surface area contributed by atoms with Gasteiger partial charge in [-0.2, -0.15) is 0 Å². The number of aromatic nitrogens is 1. The molecule has 1 aromatic carbocycles. The van der Waals surface area contributed by atoms with E-state index in [9.17, 15) is 4.79 Å². The second-order valence-corrected chi connectivity index (χ2v) is 10.7. The zero-order chi connectivity index (χ0) is 20.8. The molecule has 0 spiro atoms. The third-order valence-corrected chi connectivity index (χ3v) is 9.33. The van der Waals surface area contributed by atoms with Crippen molar-refractivity contribution in [3.05, 3.63) is 66.0 Å². The monoisotopic (exact) mass is 411 g/mol. The standard InChI is InChI=1S/C29H33NO/c31-24-10-12-25-22(17-24)9-11-27-26(25)13-15-29(14-1-4-28(27)29)18-20-5-7-21(8-6-20)23-3-2-16-30-19-23/h2-3,5-8,16-17,19,25-28H,1,4,9-15,18H2/t25-,26+,27+,28-,29-/m0/s1. The summed E-state index contributed by atoms with van der Waals surface area (Å²) < 4.78 is 0. The van der Waals surface area contributed by atoms with E-state index in [2.05, 4.69) is 35.3 Å². The van der Waals surface area contributed by atoms with E-state index in [1.807, 2.05) is 24.5 Å². The fourth-order valence-electron chi connectivity index (χ4n) is 8.04. The van der Waals surface area contributed by atoms with Gasteiger partial charge in [-0.25, -0.2) is 0 Å². The van der Waals surface area contributed by atoms with Crippen LogP contribution in [0.15, 0.2) is 60.4 Å². The van der Waals surface area contributed by atoms with E-state index < -0.39 is 0 Å². The molecule has 0 N–H and O–H groups in total. The zero-order valence-electron chi connectivity index (χ0n) is 18.4. The van der Waals surface area contributed by atoms with Gasteiger partial charge in [0.15, 0.2) is 5.78 Å². The molecule has 31 heavy (non-hydrogen) atoms. The Labute approximate surface area is 186 Å². The fraction of sp³-hybridized carbons (Fsp3) is 0.517. The summed E-state index contributed by atoms with van der Waals surface area (Å²) in [6.07, 6.45) is 18.5. The Morgan fingerprint density at radius 2 is 1.81 bits per heavy atom. The topological polar surface area (TPSA) is 30.0 Å². The third kappa shape index (κ3) is 3.39. The highest BCUT2D eigenvalue weighted by atomic mass is 16.1. The number of pyridine rings is 1. The molecule has 160 valence electrons. The van der Waals surface area contributed by atoms with Crippen LogP contribution >= 0.6 is 0 Å². The van der Waals surface area contributed by atoms with Crippen molar-refractivity contribution < 1.29 is 4.79 Å². The van der Waals surface area contributed by atoms with Crippen LogP contribution < -0.4 is 0 Å². The van der Waals surface area contributed by atoms with Crippen molar-refractivity contribution in [3.63, 3.8) is 0 Å². The van der Waals surface area contributed by atoms with E-state index in [0.29, 0.717) is 17.1 Å². The van der Waals surface area contributed by atoms with E-state index in [1.54, 1.807) is 0 Å². The Balaban J connectivity index is 1.23. The van der Waals surface area contributed by atoms with Gasteiger partial charge in [0.1, 0.15) is 0 Å². The molecule has 0 amide bonds. The number of allylic oxidation sites excluding steroid dienone is 1. The first kappa shape index (κ1) is 19.5. The molecule has 2 aromatic rings. The molecular formula is C29H33NO.